The first kappa shape index (κ1) is 22.1. The largest absolute Gasteiger partial charge is 0.361 e. The molecule has 0 bridgehead atoms. The van der Waals surface area contributed by atoms with Crippen LogP contribution in [0, 0.1) is 5.92 Å². The minimum absolute atomic E-state index is 0.446. The van der Waals surface area contributed by atoms with Gasteiger partial charge in [0.2, 0.25) is 5.88 Å². The Morgan fingerprint density at radius 2 is 1.24 bits per heavy atom. The lowest BCUT2D eigenvalue weighted by molar-refractivity contribution is 0.175. The molecule has 25 heavy (non-hydrogen) atoms. The van der Waals surface area contributed by atoms with Gasteiger partial charge in [0, 0.05) is 5.92 Å². The average molecular weight is 351 g/mol. The van der Waals surface area contributed by atoms with Crippen molar-refractivity contribution in [1.82, 2.24) is 5.48 Å². The number of aliphatic imine (C=N–C) groups is 1. The number of rotatable bonds is 17. The van der Waals surface area contributed by atoms with Gasteiger partial charge in [0.05, 0.1) is 0 Å². The molecular formula is C22H42N2O. The van der Waals surface area contributed by atoms with E-state index in [9.17, 15) is 0 Å². The van der Waals surface area contributed by atoms with Gasteiger partial charge in [-0.1, -0.05) is 110 Å². The lowest BCUT2D eigenvalue weighted by Crippen LogP contribution is -2.23. The zero-order chi connectivity index (χ0) is 18.2. The topological polar surface area (TPSA) is 33.6 Å². The second-order valence-electron chi connectivity index (χ2n) is 7.73. The quantitative estimate of drug-likeness (QED) is 0.279. The first-order valence-corrected chi connectivity index (χ1v) is 10.9. The Hall–Kier alpha value is -0.990. The minimum atomic E-state index is 0.446. The van der Waals surface area contributed by atoms with E-state index >= 15 is 0 Å². The summed E-state index contributed by atoms with van der Waals surface area (Å²) in [7, 11) is 0. The minimum Gasteiger partial charge on any atom is -0.361 e. The first-order valence-electron chi connectivity index (χ1n) is 10.9. The van der Waals surface area contributed by atoms with E-state index in [-0.39, 0.29) is 0 Å². The summed E-state index contributed by atoms with van der Waals surface area (Å²) in [6, 6.07) is 0. The second kappa shape index (κ2) is 15.3. The van der Waals surface area contributed by atoms with Crippen LogP contribution in [0.25, 0.3) is 0 Å². The molecule has 0 saturated carbocycles. The van der Waals surface area contributed by atoms with Crippen molar-refractivity contribution in [2.24, 2.45) is 10.9 Å². The van der Waals surface area contributed by atoms with Crippen LogP contribution in [0.5, 0.6) is 0 Å². The van der Waals surface area contributed by atoms with Gasteiger partial charge in [-0.05, 0) is 13.0 Å². The Morgan fingerprint density at radius 3 is 1.64 bits per heavy atom. The van der Waals surface area contributed by atoms with E-state index < -0.39 is 0 Å². The third kappa shape index (κ3) is 12.1. The highest BCUT2D eigenvalue weighted by Crippen LogP contribution is 2.17. The molecule has 0 aromatic rings. The number of unbranched alkanes of at least 4 members (excludes halogenated alkanes) is 14. The molecule has 1 N–H and O–H groups in total. The van der Waals surface area contributed by atoms with Crippen molar-refractivity contribution >= 4 is 5.84 Å². The summed E-state index contributed by atoms with van der Waals surface area (Å²) in [5.74, 6) is 1.87. The molecule has 3 heteroatoms. The maximum Gasteiger partial charge on any atom is 0.240 e. The lowest BCUT2D eigenvalue weighted by atomic mass is 10.0. The van der Waals surface area contributed by atoms with Crippen LogP contribution in [0.1, 0.15) is 117 Å². The van der Waals surface area contributed by atoms with Crippen molar-refractivity contribution in [1.29, 1.82) is 0 Å². The number of nitrogens with zero attached hydrogens (tertiary/aromatic N) is 1. The van der Waals surface area contributed by atoms with Crippen LogP contribution in [-0.4, -0.2) is 5.84 Å². The Labute approximate surface area is 156 Å². The predicted molar refractivity (Wildman–Crippen MR) is 110 cm³/mol. The standard InChI is InChI=1S/C22H42N2O/c1-4-5-6-7-8-9-10-11-12-13-14-15-16-17-18-19-20(2)22-23-21(3)25-24-22/h20H,3-19H2,1-2H3,(H,23,24). The number of hydrogen-bond acceptors (Lipinski definition) is 3. The molecule has 3 nitrogen and oxygen atoms in total. The van der Waals surface area contributed by atoms with E-state index in [1.54, 1.807) is 0 Å². The van der Waals surface area contributed by atoms with Gasteiger partial charge in [-0.2, -0.15) is 4.99 Å². The van der Waals surface area contributed by atoms with Crippen LogP contribution in [0.4, 0.5) is 0 Å². The van der Waals surface area contributed by atoms with Crippen molar-refractivity contribution in [3.8, 4) is 0 Å². The normalized spacial score (nSPS) is 15.0. The van der Waals surface area contributed by atoms with Gasteiger partial charge in [-0.3, -0.25) is 0 Å². The van der Waals surface area contributed by atoms with Crippen LogP contribution in [0.15, 0.2) is 17.5 Å². The number of hydroxylamine groups is 1. The van der Waals surface area contributed by atoms with Gasteiger partial charge in [0.15, 0.2) is 0 Å². The summed E-state index contributed by atoms with van der Waals surface area (Å²) in [5.41, 5.74) is 2.86. The monoisotopic (exact) mass is 350 g/mol. The molecule has 0 aliphatic carbocycles. The van der Waals surface area contributed by atoms with Gasteiger partial charge < -0.3 is 4.84 Å². The fraction of sp³-hybridized carbons (Fsp3) is 0.864. The Morgan fingerprint density at radius 1 is 0.800 bits per heavy atom. The molecule has 0 saturated heterocycles. The molecule has 0 spiro atoms. The molecule has 146 valence electrons. The molecule has 1 aliphatic heterocycles. The van der Waals surface area contributed by atoms with E-state index in [4.69, 9.17) is 4.84 Å². The fourth-order valence-electron chi connectivity index (χ4n) is 3.46. The van der Waals surface area contributed by atoms with Crippen molar-refractivity contribution in [2.75, 3.05) is 0 Å². The van der Waals surface area contributed by atoms with Gasteiger partial charge in [0.1, 0.15) is 5.84 Å². The van der Waals surface area contributed by atoms with Crippen molar-refractivity contribution in [3.05, 3.63) is 12.5 Å². The maximum atomic E-state index is 5.07. The van der Waals surface area contributed by atoms with Crippen molar-refractivity contribution < 1.29 is 4.84 Å². The molecule has 0 fully saturated rings. The second-order valence-corrected chi connectivity index (χ2v) is 7.73. The molecule has 0 aromatic carbocycles. The summed E-state index contributed by atoms with van der Waals surface area (Å²) in [5, 5.41) is 0. The van der Waals surface area contributed by atoms with Gasteiger partial charge in [-0.25, -0.2) is 5.48 Å². The van der Waals surface area contributed by atoms with Crippen molar-refractivity contribution in [2.45, 2.75) is 117 Å². The Kier molecular flexibility index (Phi) is 13.5. The molecule has 0 amide bonds. The van der Waals surface area contributed by atoms with Gasteiger partial charge in [-0.15, -0.1) is 0 Å². The summed E-state index contributed by atoms with van der Waals surface area (Å²) in [4.78, 5) is 9.33. The molecule has 0 aromatic heterocycles. The predicted octanol–water partition coefficient (Wildman–Crippen LogP) is 7.29. The van der Waals surface area contributed by atoms with Crippen LogP contribution < -0.4 is 5.48 Å². The number of hydrogen-bond donors (Lipinski definition) is 1. The Bertz CT molecular complexity index is 365. The molecule has 1 rings (SSSR count). The molecular weight excluding hydrogens is 308 g/mol. The zero-order valence-corrected chi connectivity index (χ0v) is 17.0. The molecule has 1 unspecified atom stereocenters. The SMILES string of the molecule is C=C1N=C(C(C)CCCCCCCCCCCCCCCCC)NO1. The van der Waals surface area contributed by atoms with E-state index in [0.717, 1.165) is 5.84 Å². The third-order valence-corrected chi connectivity index (χ3v) is 5.23. The van der Waals surface area contributed by atoms with Gasteiger partial charge >= 0.3 is 0 Å². The fourth-order valence-corrected chi connectivity index (χ4v) is 3.46. The molecule has 0 radical (unpaired) electrons. The Balaban J connectivity index is 1.76. The van der Waals surface area contributed by atoms with Crippen LogP contribution in [0.2, 0.25) is 0 Å². The van der Waals surface area contributed by atoms with E-state index in [1.807, 2.05) is 0 Å². The number of amidine groups is 1. The van der Waals surface area contributed by atoms with Crippen LogP contribution >= 0.6 is 0 Å². The molecule has 1 atom stereocenters. The molecule has 1 aliphatic rings. The highest BCUT2D eigenvalue weighted by Gasteiger charge is 2.16. The number of nitrogens with one attached hydrogen (secondary N) is 1. The highest BCUT2D eigenvalue weighted by atomic mass is 16.7. The van der Waals surface area contributed by atoms with Gasteiger partial charge in [0.25, 0.3) is 0 Å². The first-order chi connectivity index (χ1) is 12.2. The third-order valence-electron chi connectivity index (χ3n) is 5.23. The van der Waals surface area contributed by atoms with E-state index in [0.29, 0.717) is 11.8 Å². The maximum absolute atomic E-state index is 5.07. The molecule has 1 heterocycles. The van der Waals surface area contributed by atoms with E-state index in [1.165, 1.54) is 103 Å². The van der Waals surface area contributed by atoms with Crippen LogP contribution in [0.3, 0.4) is 0 Å². The zero-order valence-electron chi connectivity index (χ0n) is 17.0. The summed E-state index contributed by atoms with van der Waals surface area (Å²) < 4.78 is 0. The van der Waals surface area contributed by atoms with E-state index in [2.05, 4.69) is 30.9 Å². The summed E-state index contributed by atoms with van der Waals surface area (Å²) >= 11 is 0. The summed E-state index contributed by atoms with van der Waals surface area (Å²) in [6.07, 6.45) is 22.4. The lowest BCUT2D eigenvalue weighted by Gasteiger charge is -2.10. The summed E-state index contributed by atoms with van der Waals surface area (Å²) in [6.45, 7) is 8.19. The van der Waals surface area contributed by atoms with Crippen molar-refractivity contribution in [3.63, 3.8) is 0 Å². The highest BCUT2D eigenvalue weighted by molar-refractivity contribution is 5.85. The smallest absolute Gasteiger partial charge is 0.240 e. The average Bonchev–Trinajstić information content (AvgIpc) is 3.04. The van der Waals surface area contributed by atoms with Crippen LogP contribution in [-0.2, 0) is 4.84 Å².